The number of hydrogen-bond donors (Lipinski definition) is 2. The molecular formula is C17H28N3O3S+. The third-order valence-corrected chi connectivity index (χ3v) is 6.73. The maximum absolute atomic E-state index is 12.9. The van der Waals surface area contributed by atoms with Gasteiger partial charge in [-0.2, -0.15) is 4.31 Å². The number of amides is 1. The molecule has 134 valence electrons. The summed E-state index contributed by atoms with van der Waals surface area (Å²) in [5, 5.41) is 2.83. The number of aryl methyl sites for hydroxylation is 2. The molecule has 1 amide bonds. The molecule has 1 aromatic carbocycles. The smallest absolute Gasteiger partial charge is 0.278 e. The molecular weight excluding hydrogens is 326 g/mol. The van der Waals surface area contributed by atoms with Crippen LogP contribution in [0, 0.1) is 13.8 Å². The van der Waals surface area contributed by atoms with E-state index in [9.17, 15) is 13.2 Å². The summed E-state index contributed by atoms with van der Waals surface area (Å²) >= 11 is 0. The first-order chi connectivity index (χ1) is 11.3. The highest BCUT2D eigenvalue weighted by Crippen LogP contribution is 2.20. The number of carbonyl (C=O) groups is 1. The minimum Gasteiger partial charge on any atom is -0.351 e. The summed E-state index contributed by atoms with van der Waals surface area (Å²) in [6.07, 6.45) is 0. The molecule has 0 unspecified atom stereocenters. The highest BCUT2D eigenvalue weighted by Gasteiger charge is 2.34. The van der Waals surface area contributed by atoms with Crippen molar-refractivity contribution in [2.24, 2.45) is 0 Å². The van der Waals surface area contributed by atoms with Crippen LogP contribution in [0.5, 0.6) is 0 Å². The van der Waals surface area contributed by atoms with Gasteiger partial charge in [0.25, 0.3) is 5.91 Å². The third-order valence-electron chi connectivity index (χ3n) is 4.67. The van der Waals surface area contributed by atoms with Crippen LogP contribution in [0.15, 0.2) is 23.1 Å². The zero-order valence-electron chi connectivity index (χ0n) is 14.9. The van der Waals surface area contributed by atoms with Crippen LogP contribution in [0.3, 0.4) is 0 Å². The normalized spacial score (nSPS) is 18.3. The van der Waals surface area contributed by atoms with Gasteiger partial charge in [-0.1, -0.05) is 17.7 Å². The van der Waals surface area contributed by atoms with E-state index in [4.69, 9.17) is 0 Å². The molecule has 1 aliphatic heterocycles. The topological polar surface area (TPSA) is 70.9 Å². The van der Waals surface area contributed by atoms with E-state index in [1.54, 1.807) is 10.4 Å². The molecule has 0 aromatic heterocycles. The van der Waals surface area contributed by atoms with E-state index in [-0.39, 0.29) is 11.9 Å². The predicted molar refractivity (Wildman–Crippen MR) is 93.5 cm³/mol. The number of sulfonamides is 1. The Bertz CT molecular complexity index is 695. The molecule has 0 saturated carbocycles. The van der Waals surface area contributed by atoms with E-state index >= 15 is 0 Å². The van der Waals surface area contributed by atoms with Crippen LogP contribution in [0.4, 0.5) is 0 Å². The Kier molecular flexibility index (Phi) is 6.01. The van der Waals surface area contributed by atoms with Crippen LogP contribution < -0.4 is 10.2 Å². The molecule has 0 spiro atoms. The molecule has 7 heteroatoms. The van der Waals surface area contributed by atoms with E-state index in [1.807, 2.05) is 39.8 Å². The second kappa shape index (κ2) is 7.63. The monoisotopic (exact) mass is 354 g/mol. The number of nitrogens with zero attached hydrogens (tertiary/aromatic N) is 1. The van der Waals surface area contributed by atoms with Crippen LogP contribution in [-0.2, 0) is 14.8 Å². The average molecular weight is 354 g/mol. The summed E-state index contributed by atoms with van der Waals surface area (Å²) in [5.41, 5.74) is 1.83. The van der Waals surface area contributed by atoms with Crippen molar-refractivity contribution in [3.63, 3.8) is 0 Å². The molecule has 1 aliphatic rings. The van der Waals surface area contributed by atoms with Crippen molar-refractivity contribution in [3.05, 3.63) is 29.3 Å². The number of benzene rings is 1. The van der Waals surface area contributed by atoms with Crippen molar-refractivity contribution >= 4 is 15.9 Å². The van der Waals surface area contributed by atoms with Gasteiger partial charge in [0.15, 0.2) is 6.04 Å². The van der Waals surface area contributed by atoms with Crippen LogP contribution in [0.2, 0.25) is 0 Å². The highest BCUT2D eigenvalue weighted by atomic mass is 32.2. The van der Waals surface area contributed by atoms with E-state index < -0.39 is 10.0 Å². The van der Waals surface area contributed by atoms with E-state index in [1.165, 1.54) is 0 Å². The van der Waals surface area contributed by atoms with Crippen molar-refractivity contribution in [2.75, 3.05) is 32.7 Å². The Balaban J connectivity index is 2.07. The van der Waals surface area contributed by atoms with Crippen molar-refractivity contribution < 1.29 is 18.1 Å². The predicted octanol–water partition coefficient (Wildman–Crippen LogP) is -0.283. The first kappa shape index (κ1) is 18.9. The number of rotatable bonds is 5. The van der Waals surface area contributed by atoms with Crippen LogP contribution in [0.25, 0.3) is 0 Å². The van der Waals surface area contributed by atoms with E-state index in [2.05, 4.69) is 5.32 Å². The Morgan fingerprint density at radius 2 is 1.92 bits per heavy atom. The summed E-state index contributed by atoms with van der Waals surface area (Å²) in [4.78, 5) is 13.5. The van der Waals surface area contributed by atoms with Gasteiger partial charge in [-0.05, 0) is 39.3 Å². The summed E-state index contributed by atoms with van der Waals surface area (Å²) < 4.78 is 27.3. The zero-order chi connectivity index (χ0) is 17.9. The van der Waals surface area contributed by atoms with Crippen molar-refractivity contribution in [1.29, 1.82) is 0 Å². The van der Waals surface area contributed by atoms with Crippen molar-refractivity contribution in [1.82, 2.24) is 9.62 Å². The maximum atomic E-state index is 12.9. The van der Waals surface area contributed by atoms with Crippen molar-refractivity contribution in [2.45, 2.75) is 38.6 Å². The molecule has 1 heterocycles. The number of hydrogen-bond acceptors (Lipinski definition) is 3. The lowest BCUT2D eigenvalue weighted by Gasteiger charge is -2.34. The van der Waals surface area contributed by atoms with Crippen LogP contribution in [-0.4, -0.2) is 57.4 Å². The lowest BCUT2D eigenvalue weighted by molar-refractivity contribution is -0.917. The second-order valence-corrected chi connectivity index (χ2v) is 8.35. The average Bonchev–Trinajstić information content (AvgIpc) is 2.54. The number of likely N-dealkylation sites (N-methyl/N-ethyl adjacent to an activating group) is 1. The Labute approximate surface area is 144 Å². The first-order valence-corrected chi connectivity index (χ1v) is 9.91. The molecule has 0 aliphatic carbocycles. The molecule has 6 nitrogen and oxygen atoms in total. The first-order valence-electron chi connectivity index (χ1n) is 8.47. The van der Waals surface area contributed by atoms with Gasteiger partial charge in [-0.15, -0.1) is 0 Å². The Morgan fingerprint density at radius 3 is 2.46 bits per heavy atom. The van der Waals surface area contributed by atoms with E-state index in [0.717, 1.165) is 16.0 Å². The number of quaternary nitrogens is 1. The van der Waals surface area contributed by atoms with Gasteiger partial charge in [0, 0.05) is 6.54 Å². The minimum atomic E-state index is -3.47. The van der Waals surface area contributed by atoms with E-state index in [0.29, 0.717) is 37.6 Å². The van der Waals surface area contributed by atoms with Crippen LogP contribution >= 0.6 is 0 Å². The van der Waals surface area contributed by atoms with Gasteiger partial charge in [-0.3, -0.25) is 4.79 Å². The molecule has 2 N–H and O–H groups in total. The summed E-state index contributed by atoms with van der Waals surface area (Å²) in [5.74, 6) is 0.0261. The van der Waals surface area contributed by atoms with Gasteiger partial charge < -0.3 is 10.2 Å². The molecule has 0 radical (unpaired) electrons. The van der Waals surface area contributed by atoms with Gasteiger partial charge in [-0.25, -0.2) is 8.42 Å². The molecule has 1 atom stereocenters. The molecule has 1 aromatic rings. The Morgan fingerprint density at radius 1 is 1.29 bits per heavy atom. The lowest BCUT2D eigenvalue weighted by Crippen LogP contribution is -3.19. The van der Waals surface area contributed by atoms with Gasteiger partial charge in [0.05, 0.1) is 31.1 Å². The summed E-state index contributed by atoms with van der Waals surface area (Å²) in [7, 11) is -3.47. The largest absolute Gasteiger partial charge is 0.351 e. The fourth-order valence-electron chi connectivity index (χ4n) is 3.19. The maximum Gasteiger partial charge on any atom is 0.278 e. The Hall–Kier alpha value is -1.44. The molecule has 1 fully saturated rings. The third kappa shape index (κ3) is 3.96. The van der Waals surface area contributed by atoms with Crippen molar-refractivity contribution in [3.8, 4) is 0 Å². The minimum absolute atomic E-state index is 0.0261. The molecule has 2 rings (SSSR count). The van der Waals surface area contributed by atoms with Gasteiger partial charge >= 0.3 is 0 Å². The number of nitrogens with one attached hydrogen (secondary N) is 2. The molecule has 1 saturated heterocycles. The quantitative estimate of drug-likeness (QED) is 0.764. The van der Waals surface area contributed by atoms with Crippen LogP contribution in [0.1, 0.15) is 25.0 Å². The van der Waals surface area contributed by atoms with Gasteiger partial charge in [0.1, 0.15) is 0 Å². The van der Waals surface area contributed by atoms with Gasteiger partial charge in [0.2, 0.25) is 10.0 Å². The highest BCUT2D eigenvalue weighted by molar-refractivity contribution is 7.89. The summed E-state index contributed by atoms with van der Waals surface area (Å²) in [6, 6.07) is 5.26. The zero-order valence-corrected chi connectivity index (χ0v) is 15.7. The fourth-order valence-corrected chi connectivity index (χ4v) is 4.83. The fraction of sp³-hybridized carbons (Fsp3) is 0.588. The second-order valence-electron chi connectivity index (χ2n) is 6.45. The summed E-state index contributed by atoms with van der Waals surface area (Å²) in [6.45, 7) is 10.4. The number of piperazine rings is 1. The lowest BCUT2D eigenvalue weighted by atomic mass is 10.2. The SMILES string of the molecule is CCNC(=O)[C@@H](C)[NH+]1CCN(S(=O)(=O)c2ccc(C)cc2C)CC1. The standard InChI is InChI=1S/C17H27N3O3S/c1-5-18-17(21)15(4)19-8-10-20(11-9-19)24(22,23)16-7-6-13(2)12-14(16)3/h6-7,12,15H,5,8-11H2,1-4H3,(H,18,21)/p+1/t15-/m1/s1. The molecule has 24 heavy (non-hydrogen) atoms. The molecule has 0 bridgehead atoms. The number of carbonyl (C=O) groups excluding carboxylic acids is 1.